The van der Waals surface area contributed by atoms with Crippen LogP contribution in [0.1, 0.15) is 28.5 Å². The number of nitrogens with zero attached hydrogens (tertiary/aromatic N) is 5. The molecule has 11 heteroatoms. The summed E-state index contributed by atoms with van der Waals surface area (Å²) in [4.78, 5) is 30.9. The van der Waals surface area contributed by atoms with E-state index >= 15 is 0 Å². The van der Waals surface area contributed by atoms with E-state index in [1.54, 1.807) is 30.3 Å². The van der Waals surface area contributed by atoms with Gasteiger partial charge in [0, 0.05) is 18.3 Å². The van der Waals surface area contributed by atoms with Crippen molar-refractivity contribution in [3.05, 3.63) is 107 Å². The fourth-order valence-corrected chi connectivity index (χ4v) is 4.83. The van der Waals surface area contributed by atoms with Crippen LogP contribution in [0.25, 0.3) is 11.6 Å². The first-order valence-corrected chi connectivity index (χ1v) is 13.9. The average molecular weight is 579 g/mol. The predicted octanol–water partition coefficient (Wildman–Crippen LogP) is 4.41. The van der Waals surface area contributed by atoms with Crippen LogP contribution in [0.15, 0.2) is 89.3 Å². The van der Waals surface area contributed by atoms with Gasteiger partial charge in [-0.25, -0.2) is 0 Å². The number of aromatic nitrogens is 4. The number of ether oxygens (including phenoxy) is 2. The highest BCUT2D eigenvalue weighted by Crippen LogP contribution is 2.37. The highest BCUT2D eigenvalue weighted by molar-refractivity contribution is 6.01. The number of carbonyl (C=O) groups excluding carboxylic acids is 2. The van der Waals surface area contributed by atoms with Gasteiger partial charge in [0.2, 0.25) is 11.7 Å². The van der Waals surface area contributed by atoms with Crippen molar-refractivity contribution >= 4 is 17.5 Å². The van der Waals surface area contributed by atoms with E-state index in [1.165, 1.54) is 9.70 Å². The minimum absolute atomic E-state index is 0.252. The lowest BCUT2D eigenvalue weighted by atomic mass is 10.0. The van der Waals surface area contributed by atoms with Crippen LogP contribution in [0.2, 0.25) is 0 Å². The predicted molar refractivity (Wildman–Crippen MR) is 157 cm³/mol. The second kappa shape index (κ2) is 12.2. The van der Waals surface area contributed by atoms with Crippen molar-refractivity contribution in [2.75, 3.05) is 18.1 Å². The van der Waals surface area contributed by atoms with Gasteiger partial charge in [0.25, 0.3) is 5.91 Å². The lowest BCUT2D eigenvalue weighted by Crippen LogP contribution is -2.45. The van der Waals surface area contributed by atoms with Gasteiger partial charge in [-0.1, -0.05) is 60.2 Å². The molecule has 6 rings (SSSR count). The molecule has 218 valence electrons. The summed E-state index contributed by atoms with van der Waals surface area (Å²) >= 11 is 0. The third-order valence-corrected chi connectivity index (χ3v) is 6.97. The third-order valence-electron chi connectivity index (χ3n) is 6.97. The van der Waals surface area contributed by atoms with Crippen LogP contribution in [-0.2, 0) is 22.7 Å². The number of nitrogens with one attached hydrogen (secondary N) is 1. The van der Waals surface area contributed by atoms with Gasteiger partial charge in [-0.2, -0.15) is 4.80 Å². The van der Waals surface area contributed by atoms with Crippen LogP contribution in [0.5, 0.6) is 11.5 Å². The molecule has 0 radical (unpaired) electrons. The number of carbonyl (C=O) groups is 2. The van der Waals surface area contributed by atoms with E-state index in [9.17, 15) is 9.59 Å². The van der Waals surface area contributed by atoms with Crippen molar-refractivity contribution < 1.29 is 23.5 Å². The second-order valence-corrected chi connectivity index (χ2v) is 10.2. The van der Waals surface area contributed by atoms with Crippen molar-refractivity contribution in [1.29, 1.82) is 0 Å². The highest BCUT2D eigenvalue weighted by Gasteiger charge is 2.34. The zero-order valence-corrected chi connectivity index (χ0v) is 23.8. The van der Waals surface area contributed by atoms with Crippen LogP contribution in [0, 0.1) is 13.8 Å². The standard InChI is InChI=1S/C32H30N6O5/c1-21-8-11-24(12-9-21)30(32(40)33-19-23-6-4-3-5-7-23)38(25-13-15-26-28(18-25)42-17-16-41-26)29(39)20-37-35-31(34-36-37)27-14-10-22(2)43-27/h3-15,18,30H,16-17,19-20H2,1-2H3,(H,33,40). The molecule has 5 aromatic rings. The monoisotopic (exact) mass is 578 g/mol. The Balaban J connectivity index is 1.37. The molecular formula is C32H30N6O5. The summed E-state index contributed by atoms with van der Waals surface area (Å²) in [5, 5.41) is 15.5. The maximum absolute atomic E-state index is 14.2. The minimum Gasteiger partial charge on any atom is -0.486 e. The van der Waals surface area contributed by atoms with Gasteiger partial charge in [-0.05, 0) is 54.5 Å². The number of hydrogen-bond donors (Lipinski definition) is 1. The minimum atomic E-state index is -1.02. The Bertz CT molecular complexity index is 1730. The quantitative estimate of drug-likeness (QED) is 0.273. The molecule has 1 aliphatic rings. The summed E-state index contributed by atoms with van der Waals surface area (Å²) in [6, 6.07) is 24.8. The van der Waals surface area contributed by atoms with E-state index in [0.717, 1.165) is 11.1 Å². The first-order valence-electron chi connectivity index (χ1n) is 13.9. The molecule has 2 aromatic heterocycles. The van der Waals surface area contributed by atoms with Crippen molar-refractivity contribution in [2.24, 2.45) is 0 Å². The molecule has 3 heterocycles. The van der Waals surface area contributed by atoms with Gasteiger partial charge in [-0.15, -0.1) is 10.2 Å². The Morgan fingerprint density at radius 3 is 2.44 bits per heavy atom. The van der Waals surface area contributed by atoms with E-state index in [1.807, 2.05) is 68.4 Å². The molecule has 1 N–H and O–H groups in total. The van der Waals surface area contributed by atoms with Gasteiger partial charge in [-0.3, -0.25) is 14.5 Å². The molecule has 0 bridgehead atoms. The van der Waals surface area contributed by atoms with E-state index in [4.69, 9.17) is 13.9 Å². The number of aryl methyl sites for hydroxylation is 2. The normalized spacial score (nSPS) is 12.9. The van der Waals surface area contributed by atoms with E-state index < -0.39 is 11.9 Å². The Kier molecular flexibility index (Phi) is 7.86. The summed E-state index contributed by atoms with van der Waals surface area (Å²) < 4.78 is 17.1. The molecule has 2 amide bonds. The van der Waals surface area contributed by atoms with Crippen LogP contribution in [0.4, 0.5) is 5.69 Å². The number of fused-ring (bicyclic) bond motifs is 1. The molecule has 0 spiro atoms. The van der Waals surface area contributed by atoms with Crippen molar-refractivity contribution in [2.45, 2.75) is 33.0 Å². The molecular weight excluding hydrogens is 548 g/mol. The van der Waals surface area contributed by atoms with Gasteiger partial charge >= 0.3 is 0 Å². The van der Waals surface area contributed by atoms with E-state index in [-0.39, 0.29) is 18.3 Å². The van der Waals surface area contributed by atoms with Gasteiger partial charge in [0.05, 0.1) is 0 Å². The van der Waals surface area contributed by atoms with Gasteiger partial charge in [0.1, 0.15) is 31.6 Å². The first-order chi connectivity index (χ1) is 20.9. The summed E-state index contributed by atoms with van der Waals surface area (Å²) in [6.07, 6.45) is 0. The molecule has 0 aliphatic carbocycles. The highest BCUT2D eigenvalue weighted by atomic mass is 16.6. The second-order valence-electron chi connectivity index (χ2n) is 10.2. The van der Waals surface area contributed by atoms with Crippen LogP contribution in [0.3, 0.4) is 0 Å². The summed E-state index contributed by atoms with van der Waals surface area (Å²) in [7, 11) is 0. The number of amides is 2. The Morgan fingerprint density at radius 2 is 1.70 bits per heavy atom. The summed E-state index contributed by atoms with van der Waals surface area (Å²) in [5.74, 6) is 1.67. The Morgan fingerprint density at radius 1 is 0.930 bits per heavy atom. The molecule has 0 saturated heterocycles. The first kappa shape index (κ1) is 27.7. The maximum Gasteiger partial charge on any atom is 0.251 e. The van der Waals surface area contributed by atoms with Crippen LogP contribution in [-0.4, -0.2) is 45.2 Å². The van der Waals surface area contributed by atoms with Crippen LogP contribution < -0.4 is 19.7 Å². The zero-order valence-electron chi connectivity index (χ0n) is 23.8. The molecule has 1 aliphatic heterocycles. The summed E-state index contributed by atoms with van der Waals surface area (Å²) in [6.45, 7) is 4.60. The largest absolute Gasteiger partial charge is 0.486 e. The van der Waals surface area contributed by atoms with Crippen molar-refractivity contribution in [3.63, 3.8) is 0 Å². The average Bonchev–Trinajstić information content (AvgIpc) is 3.68. The van der Waals surface area contributed by atoms with E-state index in [0.29, 0.717) is 54.0 Å². The fourth-order valence-electron chi connectivity index (χ4n) is 4.83. The smallest absolute Gasteiger partial charge is 0.251 e. The van der Waals surface area contributed by atoms with Crippen LogP contribution >= 0.6 is 0 Å². The number of hydrogen-bond acceptors (Lipinski definition) is 8. The molecule has 1 atom stereocenters. The fraction of sp³-hybridized carbons (Fsp3) is 0.219. The van der Waals surface area contributed by atoms with Crippen molar-refractivity contribution in [3.8, 4) is 23.1 Å². The SMILES string of the molecule is Cc1ccc(C(C(=O)NCc2ccccc2)N(C(=O)Cn2nnc(-c3ccc(C)o3)n2)c2ccc3c(c2)OCCO3)cc1. The molecule has 0 saturated carbocycles. The van der Waals surface area contributed by atoms with Gasteiger partial charge in [0.15, 0.2) is 17.3 Å². The molecule has 3 aromatic carbocycles. The summed E-state index contributed by atoms with van der Waals surface area (Å²) in [5.41, 5.74) is 3.05. The lowest BCUT2D eigenvalue weighted by Gasteiger charge is -2.32. The van der Waals surface area contributed by atoms with Gasteiger partial charge < -0.3 is 19.2 Å². The number of furan rings is 1. The molecule has 11 nitrogen and oxygen atoms in total. The molecule has 1 unspecified atom stereocenters. The Hall–Kier alpha value is -5.45. The van der Waals surface area contributed by atoms with E-state index in [2.05, 4.69) is 20.7 Å². The number of benzene rings is 3. The number of tetrazole rings is 1. The molecule has 43 heavy (non-hydrogen) atoms. The number of rotatable bonds is 9. The number of anilines is 1. The zero-order chi connectivity index (χ0) is 29.8. The molecule has 0 fully saturated rings. The maximum atomic E-state index is 14.2. The lowest BCUT2D eigenvalue weighted by molar-refractivity contribution is -0.127. The van der Waals surface area contributed by atoms with Crippen molar-refractivity contribution in [1.82, 2.24) is 25.5 Å². The Labute approximate surface area is 248 Å². The topological polar surface area (TPSA) is 125 Å². The third kappa shape index (κ3) is 6.25.